The summed E-state index contributed by atoms with van der Waals surface area (Å²) in [6.07, 6.45) is 0.839. The number of hydrogen-bond acceptors (Lipinski definition) is 4. The predicted octanol–water partition coefficient (Wildman–Crippen LogP) is 1.20. The van der Waals surface area contributed by atoms with E-state index in [-0.39, 0.29) is 24.0 Å². The molecule has 0 amide bonds. The Morgan fingerprint density at radius 1 is 1.26 bits per heavy atom. The van der Waals surface area contributed by atoms with Crippen LogP contribution < -0.4 is 0 Å². The monoisotopic (exact) mass is 268 g/mol. The highest BCUT2D eigenvalue weighted by atomic mass is 16.6. The normalized spacial score (nSPS) is 48.3. The van der Waals surface area contributed by atoms with Crippen LogP contribution >= 0.6 is 0 Å². The topological polar surface area (TPSA) is 69.9 Å². The summed E-state index contributed by atoms with van der Waals surface area (Å²) >= 11 is 0. The molecule has 2 fully saturated rings. The second kappa shape index (κ2) is 4.04. The summed E-state index contributed by atoms with van der Waals surface area (Å²) < 4.78 is 5.67. The smallest absolute Gasteiger partial charge is 0.161 e. The molecule has 4 heteroatoms. The zero-order valence-corrected chi connectivity index (χ0v) is 11.9. The molecule has 0 aromatic heterocycles. The molecule has 2 bridgehead atoms. The van der Waals surface area contributed by atoms with Gasteiger partial charge in [0.05, 0.1) is 18.8 Å². The Hall–Kier alpha value is -0.420. The average Bonchev–Trinajstić information content (AvgIpc) is 2.64. The third-order valence-corrected chi connectivity index (χ3v) is 5.53. The van der Waals surface area contributed by atoms with Crippen molar-refractivity contribution in [3.8, 4) is 0 Å². The van der Waals surface area contributed by atoms with E-state index in [0.29, 0.717) is 6.42 Å². The molecule has 2 aliphatic carbocycles. The minimum atomic E-state index is -0.836. The van der Waals surface area contributed by atoms with E-state index in [9.17, 15) is 15.3 Å². The zero-order chi connectivity index (χ0) is 14.0. The van der Waals surface area contributed by atoms with E-state index in [1.165, 1.54) is 0 Å². The fraction of sp³-hybridized carbons (Fsp3) is 0.867. The second-order valence-corrected chi connectivity index (χ2v) is 7.36. The lowest BCUT2D eigenvalue weighted by molar-refractivity contribution is -0.148. The molecule has 19 heavy (non-hydrogen) atoms. The molecule has 0 aromatic rings. The van der Waals surface area contributed by atoms with E-state index in [1.54, 1.807) is 0 Å². The highest BCUT2D eigenvalue weighted by Crippen LogP contribution is 2.59. The van der Waals surface area contributed by atoms with Crippen LogP contribution in [0.4, 0.5) is 0 Å². The van der Waals surface area contributed by atoms with Crippen molar-refractivity contribution >= 4 is 0 Å². The number of rotatable bonds is 1. The van der Waals surface area contributed by atoms with Gasteiger partial charge in [0.2, 0.25) is 0 Å². The fourth-order valence-electron chi connectivity index (χ4n) is 4.35. The largest absolute Gasteiger partial charge is 0.392 e. The molecule has 3 rings (SSSR count). The standard InChI is InChI=1S/C15H24O4/c1-14(2)5-10-9(7-16)8-4-12(19-13(8)18)15(10,3)11(17)6-14/h8,11-13,16-18H,4-7H2,1-3H3. The molecule has 1 heterocycles. The Labute approximate surface area is 114 Å². The van der Waals surface area contributed by atoms with Gasteiger partial charge in [-0.05, 0) is 30.3 Å². The van der Waals surface area contributed by atoms with Crippen LogP contribution in [0.3, 0.4) is 0 Å². The molecule has 5 unspecified atom stereocenters. The maximum Gasteiger partial charge on any atom is 0.161 e. The minimum absolute atomic E-state index is 0.0242. The molecule has 0 aromatic carbocycles. The molecular formula is C15H24O4. The molecule has 108 valence electrons. The van der Waals surface area contributed by atoms with Crippen LogP contribution in [0.15, 0.2) is 11.1 Å². The second-order valence-electron chi connectivity index (χ2n) is 7.36. The molecule has 3 aliphatic rings. The first-order chi connectivity index (χ1) is 8.79. The first-order valence-corrected chi connectivity index (χ1v) is 7.14. The average molecular weight is 268 g/mol. The van der Waals surface area contributed by atoms with Crippen molar-refractivity contribution in [2.75, 3.05) is 6.61 Å². The summed E-state index contributed by atoms with van der Waals surface area (Å²) in [6, 6.07) is 0. The number of hydrogen-bond donors (Lipinski definition) is 3. The summed E-state index contributed by atoms with van der Waals surface area (Å²) in [5.74, 6) is -0.0980. The van der Waals surface area contributed by atoms with Gasteiger partial charge in [-0.2, -0.15) is 0 Å². The zero-order valence-electron chi connectivity index (χ0n) is 11.9. The van der Waals surface area contributed by atoms with Gasteiger partial charge in [-0.1, -0.05) is 26.3 Å². The predicted molar refractivity (Wildman–Crippen MR) is 70.2 cm³/mol. The van der Waals surface area contributed by atoms with Crippen LogP contribution in [-0.4, -0.2) is 40.4 Å². The maximum absolute atomic E-state index is 10.6. The molecule has 0 radical (unpaired) electrons. The van der Waals surface area contributed by atoms with E-state index in [0.717, 1.165) is 24.0 Å². The Bertz CT molecular complexity index is 428. The van der Waals surface area contributed by atoms with Gasteiger partial charge in [-0.15, -0.1) is 0 Å². The van der Waals surface area contributed by atoms with Gasteiger partial charge in [0, 0.05) is 11.3 Å². The Balaban J connectivity index is 2.13. The van der Waals surface area contributed by atoms with Crippen molar-refractivity contribution < 1.29 is 20.1 Å². The summed E-state index contributed by atoms with van der Waals surface area (Å²) in [5.41, 5.74) is 1.59. The van der Waals surface area contributed by atoms with Crippen LogP contribution in [0.5, 0.6) is 0 Å². The Kier molecular flexibility index (Phi) is 2.88. The summed E-state index contributed by atoms with van der Waals surface area (Å²) in [7, 11) is 0. The van der Waals surface area contributed by atoms with Gasteiger partial charge in [0.1, 0.15) is 0 Å². The van der Waals surface area contributed by atoms with E-state index < -0.39 is 17.8 Å². The van der Waals surface area contributed by atoms with Gasteiger partial charge in [0.15, 0.2) is 6.29 Å². The molecule has 1 aliphatic heterocycles. The third kappa shape index (κ3) is 1.74. The van der Waals surface area contributed by atoms with Crippen LogP contribution in [0.2, 0.25) is 0 Å². The summed E-state index contributed by atoms with van der Waals surface area (Å²) in [5, 5.41) is 30.4. The molecular weight excluding hydrogens is 244 g/mol. The van der Waals surface area contributed by atoms with E-state index in [4.69, 9.17) is 4.74 Å². The first kappa shape index (κ1) is 13.6. The van der Waals surface area contributed by atoms with Crippen molar-refractivity contribution in [3.63, 3.8) is 0 Å². The molecule has 3 N–H and O–H groups in total. The highest BCUT2D eigenvalue weighted by Gasteiger charge is 2.59. The van der Waals surface area contributed by atoms with Gasteiger partial charge in [-0.3, -0.25) is 0 Å². The lowest BCUT2D eigenvalue weighted by atomic mass is 9.54. The third-order valence-electron chi connectivity index (χ3n) is 5.53. The maximum atomic E-state index is 10.6. The molecule has 1 saturated heterocycles. The van der Waals surface area contributed by atoms with Crippen LogP contribution in [0.1, 0.15) is 40.0 Å². The van der Waals surface area contributed by atoms with Crippen molar-refractivity contribution in [2.24, 2.45) is 16.7 Å². The summed E-state index contributed by atoms with van der Waals surface area (Å²) in [4.78, 5) is 0. The number of fused-ring (bicyclic) bond motifs is 4. The van der Waals surface area contributed by atoms with E-state index in [2.05, 4.69) is 13.8 Å². The SMILES string of the molecule is CC1(C)CC2=C(CO)C3CC(OC3O)C2(C)C(O)C1. The van der Waals surface area contributed by atoms with Gasteiger partial charge >= 0.3 is 0 Å². The Morgan fingerprint density at radius 2 is 1.95 bits per heavy atom. The molecule has 4 nitrogen and oxygen atoms in total. The molecule has 5 atom stereocenters. The number of aliphatic hydroxyl groups excluding tert-OH is 3. The van der Waals surface area contributed by atoms with Gasteiger partial charge < -0.3 is 20.1 Å². The Morgan fingerprint density at radius 3 is 2.58 bits per heavy atom. The molecule has 1 saturated carbocycles. The lowest BCUT2D eigenvalue weighted by Gasteiger charge is -2.52. The van der Waals surface area contributed by atoms with Crippen LogP contribution in [-0.2, 0) is 4.74 Å². The fourth-order valence-corrected chi connectivity index (χ4v) is 4.35. The van der Waals surface area contributed by atoms with Crippen molar-refractivity contribution in [2.45, 2.75) is 58.5 Å². The summed E-state index contributed by atoms with van der Waals surface area (Å²) in [6.45, 7) is 6.26. The van der Waals surface area contributed by atoms with E-state index >= 15 is 0 Å². The van der Waals surface area contributed by atoms with Crippen molar-refractivity contribution in [1.82, 2.24) is 0 Å². The number of aliphatic hydroxyl groups is 3. The first-order valence-electron chi connectivity index (χ1n) is 7.14. The van der Waals surface area contributed by atoms with Crippen molar-refractivity contribution in [3.05, 3.63) is 11.1 Å². The van der Waals surface area contributed by atoms with Crippen molar-refractivity contribution in [1.29, 1.82) is 0 Å². The minimum Gasteiger partial charge on any atom is -0.392 e. The van der Waals surface area contributed by atoms with Gasteiger partial charge in [0.25, 0.3) is 0 Å². The molecule has 0 spiro atoms. The van der Waals surface area contributed by atoms with E-state index in [1.807, 2.05) is 6.92 Å². The van der Waals surface area contributed by atoms with Crippen LogP contribution in [0.25, 0.3) is 0 Å². The van der Waals surface area contributed by atoms with Gasteiger partial charge in [-0.25, -0.2) is 0 Å². The van der Waals surface area contributed by atoms with Crippen LogP contribution in [0, 0.1) is 16.7 Å². The highest BCUT2D eigenvalue weighted by molar-refractivity contribution is 5.36. The number of ether oxygens (including phenoxy) is 1. The quantitative estimate of drug-likeness (QED) is 0.625. The lowest BCUT2D eigenvalue weighted by Crippen LogP contribution is -2.52.